The summed E-state index contributed by atoms with van der Waals surface area (Å²) in [5, 5.41) is 4.25. The van der Waals surface area contributed by atoms with Crippen molar-refractivity contribution < 1.29 is 9.63 Å². The molecule has 0 saturated heterocycles. The molecule has 0 atom stereocenters. The van der Waals surface area contributed by atoms with E-state index in [0.717, 1.165) is 23.4 Å². The second kappa shape index (κ2) is 11.5. The quantitative estimate of drug-likeness (QED) is 0.142. The van der Waals surface area contributed by atoms with E-state index >= 15 is 0 Å². The second-order valence-corrected chi connectivity index (χ2v) is 9.14. The van der Waals surface area contributed by atoms with E-state index in [0.29, 0.717) is 18.7 Å². The number of aromatic nitrogens is 1. The summed E-state index contributed by atoms with van der Waals surface area (Å²) >= 11 is 0. The van der Waals surface area contributed by atoms with Crippen molar-refractivity contribution in [2.75, 3.05) is 0 Å². The number of carbonyl (C=O) groups excluding carboxylic acids is 1. The zero-order valence-electron chi connectivity index (χ0n) is 20.6. The minimum Gasteiger partial charge on any atom is -0.357 e. The lowest BCUT2D eigenvalue weighted by atomic mass is 9.98. The van der Waals surface area contributed by atoms with E-state index in [-0.39, 0.29) is 11.7 Å². The number of ketones is 1. The van der Waals surface area contributed by atoms with Gasteiger partial charge in [0.1, 0.15) is 0 Å². The summed E-state index contributed by atoms with van der Waals surface area (Å²) in [4.78, 5) is 19.0. The van der Waals surface area contributed by atoms with Crippen LogP contribution in [0.15, 0.2) is 96.2 Å². The zero-order chi connectivity index (χ0) is 24.6. The Morgan fingerprint density at radius 3 is 2.17 bits per heavy atom. The fourth-order valence-electron chi connectivity index (χ4n) is 4.26. The Bertz CT molecular complexity index is 1270. The molecule has 4 rings (SSSR count). The minimum absolute atomic E-state index is 0.151. The first kappa shape index (κ1) is 24.2. The number of carbonyl (C=O) groups is 1. The van der Waals surface area contributed by atoms with Crippen LogP contribution in [0.5, 0.6) is 5.75 Å². The third-order valence-corrected chi connectivity index (χ3v) is 6.05. The van der Waals surface area contributed by atoms with E-state index in [2.05, 4.69) is 47.8 Å². The number of hydrogen-bond acceptors (Lipinski definition) is 3. The predicted octanol–water partition coefficient (Wildman–Crippen LogP) is 7.20. The molecule has 178 valence electrons. The molecule has 4 aromatic rings. The highest BCUT2D eigenvalue weighted by Crippen LogP contribution is 2.27. The normalized spacial score (nSPS) is 11.3. The van der Waals surface area contributed by atoms with E-state index < -0.39 is 0 Å². The van der Waals surface area contributed by atoms with Gasteiger partial charge in [-0.3, -0.25) is 4.79 Å². The molecule has 0 amide bonds. The first-order chi connectivity index (χ1) is 17.0. The second-order valence-electron chi connectivity index (χ2n) is 9.14. The number of nitrogens with zero attached hydrogens (tertiary/aromatic N) is 2. The van der Waals surface area contributed by atoms with Gasteiger partial charge in [-0.05, 0) is 48.6 Å². The summed E-state index contributed by atoms with van der Waals surface area (Å²) in [6.07, 6.45) is 2.90. The van der Waals surface area contributed by atoms with E-state index in [4.69, 9.17) is 4.84 Å². The molecule has 0 N–H and O–H groups in total. The Balaban J connectivity index is 1.65. The first-order valence-corrected chi connectivity index (χ1v) is 12.1. The van der Waals surface area contributed by atoms with Gasteiger partial charge >= 0.3 is 0 Å². The van der Waals surface area contributed by atoms with Gasteiger partial charge in [0.25, 0.3) is 0 Å². The van der Waals surface area contributed by atoms with Crippen molar-refractivity contribution in [1.29, 1.82) is 0 Å². The SMILES string of the molecule is Cc1ccc(ON=Cc2cc(C(=O)CCc3ccccc3)c(C(C)C)n2Cc2ccccc2)cc1. The summed E-state index contributed by atoms with van der Waals surface area (Å²) in [6, 6.07) is 30.2. The Kier molecular flexibility index (Phi) is 7.94. The molecule has 1 aromatic heterocycles. The van der Waals surface area contributed by atoms with Crippen molar-refractivity contribution >= 4 is 12.0 Å². The molecule has 0 aliphatic heterocycles. The number of benzene rings is 3. The third-order valence-electron chi connectivity index (χ3n) is 6.05. The Morgan fingerprint density at radius 1 is 0.914 bits per heavy atom. The van der Waals surface area contributed by atoms with Crippen LogP contribution in [0, 0.1) is 6.92 Å². The molecule has 0 aliphatic carbocycles. The predicted molar refractivity (Wildman–Crippen MR) is 143 cm³/mol. The van der Waals surface area contributed by atoms with Gasteiger partial charge < -0.3 is 9.40 Å². The molecule has 0 aliphatic rings. The van der Waals surface area contributed by atoms with Crippen LogP contribution in [-0.2, 0) is 13.0 Å². The van der Waals surface area contributed by atoms with Crippen molar-refractivity contribution in [2.24, 2.45) is 5.16 Å². The fraction of sp³-hybridized carbons (Fsp3) is 0.226. The van der Waals surface area contributed by atoms with Crippen LogP contribution < -0.4 is 4.84 Å². The Morgan fingerprint density at radius 2 is 1.54 bits per heavy atom. The van der Waals surface area contributed by atoms with Gasteiger partial charge in [0, 0.05) is 24.2 Å². The summed E-state index contributed by atoms with van der Waals surface area (Å²) in [5.41, 5.74) is 6.16. The number of oxime groups is 1. The smallest absolute Gasteiger partial charge is 0.165 e. The average Bonchev–Trinajstić information content (AvgIpc) is 3.23. The fourth-order valence-corrected chi connectivity index (χ4v) is 4.26. The van der Waals surface area contributed by atoms with Gasteiger partial charge in [-0.25, -0.2) is 0 Å². The van der Waals surface area contributed by atoms with Crippen molar-refractivity contribution in [3.63, 3.8) is 0 Å². The lowest BCUT2D eigenvalue weighted by molar-refractivity contribution is 0.0981. The van der Waals surface area contributed by atoms with Crippen LogP contribution in [0.2, 0.25) is 0 Å². The largest absolute Gasteiger partial charge is 0.357 e. The summed E-state index contributed by atoms with van der Waals surface area (Å²) < 4.78 is 2.19. The van der Waals surface area contributed by atoms with Gasteiger partial charge in [-0.15, -0.1) is 0 Å². The van der Waals surface area contributed by atoms with Crippen molar-refractivity contribution in [3.05, 3.63) is 125 Å². The molecular weight excluding hydrogens is 432 g/mol. The number of Topliss-reactive ketones (excluding diaryl/α,β-unsaturated/α-hetero) is 1. The molecular formula is C31H32N2O2. The minimum atomic E-state index is 0.151. The molecule has 0 unspecified atom stereocenters. The van der Waals surface area contributed by atoms with Crippen LogP contribution >= 0.6 is 0 Å². The Hall–Kier alpha value is -3.92. The molecule has 4 heteroatoms. The Labute approximate surface area is 207 Å². The zero-order valence-corrected chi connectivity index (χ0v) is 20.6. The standard InChI is InChI=1S/C31H32N2O2/c1-23(2)31-29(30(34)19-16-25-10-6-4-7-11-25)20-27(33(31)22-26-12-8-5-9-13-26)21-32-35-28-17-14-24(3)15-18-28/h4-15,17-18,20-21,23H,16,19,22H2,1-3H3. The first-order valence-electron chi connectivity index (χ1n) is 12.1. The van der Waals surface area contributed by atoms with Gasteiger partial charge in [0.15, 0.2) is 11.5 Å². The van der Waals surface area contributed by atoms with Crippen LogP contribution in [0.1, 0.15) is 64.6 Å². The van der Waals surface area contributed by atoms with E-state index in [9.17, 15) is 4.79 Å². The molecule has 0 fully saturated rings. The van der Waals surface area contributed by atoms with Crippen molar-refractivity contribution in [1.82, 2.24) is 4.57 Å². The van der Waals surface area contributed by atoms with E-state index in [1.165, 1.54) is 16.7 Å². The monoisotopic (exact) mass is 464 g/mol. The van der Waals surface area contributed by atoms with Crippen LogP contribution in [0.25, 0.3) is 0 Å². The highest BCUT2D eigenvalue weighted by atomic mass is 16.6. The lowest BCUT2D eigenvalue weighted by Gasteiger charge is -2.16. The van der Waals surface area contributed by atoms with E-state index in [1.807, 2.05) is 73.7 Å². The van der Waals surface area contributed by atoms with Gasteiger partial charge in [0.05, 0.1) is 11.9 Å². The average molecular weight is 465 g/mol. The molecule has 0 bridgehead atoms. The number of rotatable bonds is 10. The van der Waals surface area contributed by atoms with Crippen LogP contribution in [0.3, 0.4) is 0 Å². The summed E-state index contributed by atoms with van der Waals surface area (Å²) in [7, 11) is 0. The van der Waals surface area contributed by atoms with E-state index in [1.54, 1.807) is 6.21 Å². The molecule has 3 aromatic carbocycles. The maximum atomic E-state index is 13.4. The van der Waals surface area contributed by atoms with Crippen LogP contribution in [-0.4, -0.2) is 16.6 Å². The van der Waals surface area contributed by atoms with Crippen molar-refractivity contribution in [2.45, 2.75) is 46.1 Å². The summed E-state index contributed by atoms with van der Waals surface area (Å²) in [5.74, 6) is 1.00. The maximum Gasteiger partial charge on any atom is 0.165 e. The molecule has 0 radical (unpaired) electrons. The van der Waals surface area contributed by atoms with Gasteiger partial charge in [-0.1, -0.05) is 97.4 Å². The topological polar surface area (TPSA) is 43.6 Å². The molecule has 35 heavy (non-hydrogen) atoms. The summed E-state index contributed by atoms with van der Waals surface area (Å²) in [6.45, 7) is 6.96. The maximum absolute atomic E-state index is 13.4. The highest BCUT2D eigenvalue weighted by molar-refractivity contribution is 5.99. The lowest BCUT2D eigenvalue weighted by Crippen LogP contribution is -2.12. The molecule has 0 saturated carbocycles. The molecule has 0 spiro atoms. The number of aryl methyl sites for hydroxylation is 2. The third kappa shape index (κ3) is 6.36. The molecule has 1 heterocycles. The van der Waals surface area contributed by atoms with Gasteiger partial charge in [0.2, 0.25) is 0 Å². The van der Waals surface area contributed by atoms with Gasteiger partial charge in [-0.2, -0.15) is 0 Å². The molecule has 4 nitrogen and oxygen atoms in total. The highest BCUT2D eigenvalue weighted by Gasteiger charge is 2.22. The number of hydrogen-bond donors (Lipinski definition) is 0. The van der Waals surface area contributed by atoms with Crippen LogP contribution in [0.4, 0.5) is 0 Å². The van der Waals surface area contributed by atoms with Crippen molar-refractivity contribution in [3.8, 4) is 5.75 Å².